The van der Waals surface area contributed by atoms with E-state index >= 15 is 0 Å². The van der Waals surface area contributed by atoms with Crippen molar-refractivity contribution in [1.29, 1.82) is 0 Å². The highest BCUT2D eigenvalue weighted by Crippen LogP contribution is 2.20. The van der Waals surface area contributed by atoms with E-state index in [9.17, 15) is 9.59 Å². The van der Waals surface area contributed by atoms with Gasteiger partial charge in [-0.2, -0.15) is 0 Å². The molecule has 0 fully saturated rings. The Hall–Kier alpha value is -3.08. The summed E-state index contributed by atoms with van der Waals surface area (Å²) in [7, 11) is 3.02. The van der Waals surface area contributed by atoms with E-state index < -0.39 is 5.97 Å². The van der Waals surface area contributed by atoms with E-state index in [2.05, 4.69) is 0 Å². The number of methoxy groups -OCH3 is 1. The van der Waals surface area contributed by atoms with Crippen molar-refractivity contribution in [2.75, 3.05) is 14.2 Å². The summed E-state index contributed by atoms with van der Waals surface area (Å²) >= 11 is 0. The van der Waals surface area contributed by atoms with E-state index in [1.807, 2.05) is 42.5 Å². The van der Waals surface area contributed by atoms with Gasteiger partial charge >= 0.3 is 5.97 Å². The first-order valence-corrected chi connectivity index (χ1v) is 7.91. The largest absolute Gasteiger partial charge is 0.465 e. The quantitative estimate of drug-likeness (QED) is 0.680. The third-order valence-electron chi connectivity index (χ3n) is 4.11. The summed E-state index contributed by atoms with van der Waals surface area (Å²) in [4.78, 5) is 25.9. The van der Waals surface area contributed by atoms with Crippen LogP contribution in [0.2, 0.25) is 0 Å². The van der Waals surface area contributed by atoms with E-state index in [0.29, 0.717) is 22.6 Å². The molecule has 5 heteroatoms. The molecule has 0 N–H and O–H groups in total. The van der Waals surface area contributed by atoms with E-state index in [-0.39, 0.29) is 12.5 Å². The first-order valence-electron chi connectivity index (χ1n) is 7.91. The SMILES string of the molecule is COC(=O)c1cc(CN(C)C(=O)c2ccc3ccccc3c2)oc1C. The predicted octanol–water partition coefficient (Wildman–Crippen LogP) is 3.80. The van der Waals surface area contributed by atoms with Gasteiger partial charge in [-0.25, -0.2) is 4.79 Å². The minimum atomic E-state index is -0.448. The van der Waals surface area contributed by atoms with Crippen LogP contribution in [0.15, 0.2) is 52.9 Å². The van der Waals surface area contributed by atoms with Crippen molar-refractivity contribution in [3.05, 3.63) is 71.2 Å². The molecule has 0 bridgehead atoms. The maximum Gasteiger partial charge on any atom is 0.341 e. The Morgan fingerprint density at radius 3 is 2.52 bits per heavy atom. The lowest BCUT2D eigenvalue weighted by Crippen LogP contribution is -2.25. The number of rotatable bonds is 4. The van der Waals surface area contributed by atoms with E-state index in [0.717, 1.165) is 10.8 Å². The standard InChI is InChI=1S/C20H19NO4/c1-13-18(20(23)24-3)11-17(25-13)12-21(2)19(22)16-9-8-14-6-4-5-7-15(14)10-16/h4-11H,12H2,1-3H3. The van der Waals surface area contributed by atoms with E-state index in [1.165, 1.54) is 7.11 Å². The molecule has 0 aliphatic carbocycles. The molecule has 1 amide bonds. The number of carbonyl (C=O) groups excluding carboxylic acids is 2. The first kappa shape index (κ1) is 16.8. The fourth-order valence-corrected chi connectivity index (χ4v) is 2.78. The second-order valence-corrected chi connectivity index (χ2v) is 5.90. The molecular formula is C20H19NO4. The molecule has 128 valence electrons. The molecule has 0 saturated heterocycles. The molecule has 25 heavy (non-hydrogen) atoms. The summed E-state index contributed by atoms with van der Waals surface area (Å²) in [5, 5.41) is 2.11. The maximum atomic E-state index is 12.7. The average molecular weight is 337 g/mol. The number of fused-ring (bicyclic) bond motifs is 1. The van der Waals surface area contributed by atoms with Crippen LogP contribution in [0.5, 0.6) is 0 Å². The molecule has 2 aromatic carbocycles. The van der Waals surface area contributed by atoms with Crippen LogP contribution in [-0.4, -0.2) is 30.9 Å². The number of aryl methyl sites for hydroxylation is 1. The van der Waals surface area contributed by atoms with Crippen LogP contribution in [0.3, 0.4) is 0 Å². The van der Waals surface area contributed by atoms with Crippen molar-refractivity contribution < 1.29 is 18.7 Å². The van der Waals surface area contributed by atoms with Gasteiger partial charge in [0, 0.05) is 12.6 Å². The second kappa shape index (κ2) is 6.81. The van der Waals surface area contributed by atoms with Gasteiger partial charge in [0.1, 0.15) is 17.1 Å². The van der Waals surface area contributed by atoms with Crippen LogP contribution >= 0.6 is 0 Å². The molecule has 1 aromatic heterocycles. The van der Waals surface area contributed by atoms with Gasteiger partial charge in [0.25, 0.3) is 5.91 Å². The van der Waals surface area contributed by atoms with Gasteiger partial charge in [-0.3, -0.25) is 4.79 Å². The maximum absolute atomic E-state index is 12.7. The summed E-state index contributed by atoms with van der Waals surface area (Å²) in [5.41, 5.74) is 0.988. The fraction of sp³-hybridized carbons (Fsp3) is 0.200. The van der Waals surface area contributed by atoms with Gasteiger partial charge in [-0.1, -0.05) is 30.3 Å². The summed E-state index contributed by atoms with van der Waals surface area (Å²) < 4.78 is 10.3. The second-order valence-electron chi connectivity index (χ2n) is 5.90. The summed E-state index contributed by atoms with van der Waals surface area (Å²) in [5.74, 6) is 0.457. The topological polar surface area (TPSA) is 59.8 Å². The molecule has 0 aliphatic rings. The Balaban J connectivity index is 1.79. The molecule has 3 rings (SSSR count). The highest BCUT2D eigenvalue weighted by molar-refractivity contribution is 5.98. The Bertz CT molecular complexity index is 942. The number of nitrogens with zero attached hydrogens (tertiary/aromatic N) is 1. The lowest BCUT2D eigenvalue weighted by molar-refractivity contribution is 0.0598. The van der Waals surface area contributed by atoms with Gasteiger partial charge in [0.2, 0.25) is 0 Å². The van der Waals surface area contributed by atoms with Crippen molar-refractivity contribution in [2.45, 2.75) is 13.5 Å². The van der Waals surface area contributed by atoms with Crippen molar-refractivity contribution in [1.82, 2.24) is 4.90 Å². The Morgan fingerprint density at radius 2 is 1.80 bits per heavy atom. The van der Waals surface area contributed by atoms with Gasteiger partial charge in [0.05, 0.1) is 13.7 Å². The lowest BCUT2D eigenvalue weighted by atomic mass is 10.1. The number of ether oxygens (including phenoxy) is 1. The third-order valence-corrected chi connectivity index (χ3v) is 4.11. The van der Waals surface area contributed by atoms with E-state index in [4.69, 9.17) is 9.15 Å². The molecule has 5 nitrogen and oxygen atoms in total. The monoisotopic (exact) mass is 337 g/mol. The van der Waals surface area contributed by atoms with Gasteiger partial charge < -0.3 is 14.1 Å². The molecule has 0 atom stereocenters. The van der Waals surface area contributed by atoms with Crippen LogP contribution in [0.4, 0.5) is 0 Å². The Morgan fingerprint density at radius 1 is 1.08 bits per heavy atom. The van der Waals surface area contributed by atoms with Crippen LogP contribution in [0.25, 0.3) is 10.8 Å². The Kier molecular flexibility index (Phi) is 4.57. The number of benzene rings is 2. The van der Waals surface area contributed by atoms with Crippen molar-refractivity contribution in [3.8, 4) is 0 Å². The predicted molar refractivity (Wildman–Crippen MR) is 94.5 cm³/mol. The fourth-order valence-electron chi connectivity index (χ4n) is 2.78. The van der Waals surface area contributed by atoms with Crippen molar-refractivity contribution >= 4 is 22.6 Å². The molecule has 3 aromatic rings. The van der Waals surface area contributed by atoms with Crippen molar-refractivity contribution in [3.63, 3.8) is 0 Å². The zero-order valence-electron chi connectivity index (χ0n) is 14.4. The van der Waals surface area contributed by atoms with Gasteiger partial charge in [-0.15, -0.1) is 0 Å². The molecular weight excluding hydrogens is 318 g/mol. The minimum absolute atomic E-state index is 0.112. The van der Waals surface area contributed by atoms with Crippen LogP contribution in [0, 0.1) is 6.92 Å². The molecule has 0 aliphatic heterocycles. The Labute approximate surface area is 145 Å². The molecule has 0 radical (unpaired) electrons. The minimum Gasteiger partial charge on any atom is -0.465 e. The highest BCUT2D eigenvalue weighted by Gasteiger charge is 2.18. The number of furan rings is 1. The van der Waals surface area contributed by atoms with Crippen LogP contribution in [-0.2, 0) is 11.3 Å². The lowest BCUT2D eigenvalue weighted by Gasteiger charge is -2.16. The van der Waals surface area contributed by atoms with Crippen LogP contribution < -0.4 is 0 Å². The zero-order chi connectivity index (χ0) is 18.0. The number of hydrogen-bond acceptors (Lipinski definition) is 4. The van der Waals surface area contributed by atoms with Crippen molar-refractivity contribution in [2.24, 2.45) is 0 Å². The number of hydrogen-bond donors (Lipinski definition) is 0. The number of amides is 1. The summed E-state index contributed by atoms with van der Waals surface area (Å²) in [6.07, 6.45) is 0. The van der Waals surface area contributed by atoms with Gasteiger partial charge in [-0.05, 0) is 35.9 Å². The number of esters is 1. The molecule has 0 spiro atoms. The first-order chi connectivity index (χ1) is 12.0. The summed E-state index contributed by atoms with van der Waals surface area (Å²) in [6.45, 7) is 1.96. The molecule has 0 unspecified atom stereocenters. The summed E-state index contributed by atoms with van der Waals surface area (Å²) in [6, 6.07) is 15.1. The molecule has 1 heterocycles. The highest BCUT2D eigenvalue weighted by atomic mass is 16.5. The normalized spacial score (nSPS) is 10.7. The van der Waals surface area contributed by atoms with Gasteiger partial charge in [0.15, 0.2) is 0 Å². The van der Waals surface area contributed by atoms with E-state index in [1.54, 1.807) is 24.9 Å². The number of carbonyl (C=O) groups is 2. The molecule has 0 saturated carbocycles. The van der Waals surface area contributed by atoms with Crippen LogP contribution in [0.1, 0.15) is 32.2 Å². The average Bonchev–Trinajstić information content (AvgIpc) is 3.00. The zero-order valence-corrected chi connectivity index (χ0v) is 14.4. The smallest absolute Gasteiger partial charge is 0.341 e. The third kappa shape index (κ3) is 3.40.